The summed E-state index contributed by atoms with van der Waals surface area (Å²) in [6, 6.07) is 1.12. The number of carbonyl (C=O) groups is 2. The maximum atomic E-state index is 12.4. The molecule has 0 aliphatic carbocycles. The molecule has 1 aromatic rings. The minimum atomic E-state index is -5.23. The highest BCUT2D eigenvalue weighted by atomic mass is 35.5. The molecule has 0 N–H and O–H groups in total. The van der Waals surface area contributed by atoms with Crippen molar-refractivity contribution in [3.8, 4) is 5.75 Å². The Kier molecular flexibility index (Phi) is 5.32. The standard InChI is InChI=1S/C11H9ClF3NO4/c1-2-19-10(18)8(9(17)11(13,14)15)20-7-3-6(12)4-16-5-7/h3-5,8H,2H2,1H3. The van der Waals surface area contributed by atoms with E-state index in [1.807, 2.05) is 0 Å². The van der Waals surface area contributed by atoms with Crippen LogP contribution in [0.2, 0.25) is 5.02 Å². The van der Waals surface area contributed by atoms with E-state index in [9.17, 15) is 22.8 Å². The average Bonchev–Trinajstić information content (AvgIpc) is 2.34. The van der Waals surface area contributed by atoms with Crippen LogP contribution in [0.25, 0.3) is 0 Å². The fourth-order valence-corrected chi connectivity index (χ4v) is 1.33. The van der Waals surface area contributed by atoms with Gasteiger partial charge in [0.05, 0.1) is 17.8 Å². The molecule has 1 aromatic heterocycles. The van der Waals surface area contributed by atoms with Crippen LogP contribution in [0.1, 0.15) is 6.92 Å². The second kappa shape index (κ2) is 6.56. The Morgan fingerprint density at radius 3 is 2.55 bits per heavy atom. The van der Waals surface area contributed by atoms with Crippen LogP contribution in [0, 0.1) is 0 Å². The first-order chi connectivity index (χ1) is 9.25. The number of rotatable bonds is 5. The van der Waals surface area contributed by atoms with Crippen LogP contribution in [0.3, 0.4) is 0 Å². The normalized spacial score (nSPS) is 12.7. The largest absolute Gasteiger partial charge is 0.469 e. The summed E-state index contributed by atoms with van der Waals surface area (Å²) in [7, 11) is 0. The molecule has 0 aromatic carbocycles. The first-order valence-corrected chi connectivity index (χ1v) is 5.68. The molecule has 0 bridgehead atoms. The Bertz CT molecular complexity index is 507. The number of hydrogen-bond donors (Lipinski definition) is 0. The van der Waals surface area contributed by atoms with E-state index in [-0.39, 0.29) is 17.4 Å². The van der Waals surface area contributed by atoms with E-state index in [0.717, 1.165) is 12.3 Å². The number of aromatic nitrogens is 1. The lowest BCUT2D eigenvalue weighted by Crippen LogP contribution is -2.44. The molecule has 0 saturated carbocycles. The second-order valence-corrected chi connectivity index (χ2v) is 3.89. The van der Waals surface area contributed by atoms with Crippen LogP contribution in [0.5, 0.6) is 5.75 Å². The van der Waals surface area contributed by atoms with Gasteiger partial charge in [-0.25, -0.2) is 4.79 Å². The van der Waals surface area contributed by atoms with Gasteiger partial charge in [-0.15, -0.1) is 0 Å². The summed E-state index contributed by atoms with van der Waals surface area (Å²) in [6.45, 7) is 1.19. The van der Waals surface area contributed by atoms with Gasteiger partial charge in [0.2, 0.25) is 0 Å². The van der Waals surface area contributed by atoms with E-state index < -0.39 is 24.0 Å². The Morgan fingerprint density at radius 2 is 2.05 bits per heavy atom. The molecule has 110 valence electrons. The lowest BCUT2D eigenvalue weighted by atomic mass is 10.2. The number of halogens is 4. The lowest BCUT2D eigenvalue weighted by Gasteiger charge is -2.17. The first kappa shape index (κ1) is 16.2. The van der Waals surface area contributed by atoms with Crippen molar-refractivity contribution in [3.05, 3.63) is 23.5 Å². The summed E-state index contributed by atoms with van der Waals surface area (Å²) in [4.78, 5) is 26.1. The van der Waals surface area contributed by atoms with Gasteiger partial charge >= 0.3 is 12.1 Å². The molecule has 0 fully saturated rings. The molecule has 0 radical (unpaired) electrons. The zero-order valence-electron chi connectivity index (χ0n) is 10.1. The molecule has 20 heavy (non-hydrogen) atoms. The van der Waals surface area contributed by atoms with Crippen LogP contribution >= 0.6 is 11.6 Å². The van der Waals surface area contributed by atoms with Crippen molar-refractivity contribution in [1.29, 1.82) is 0 Å². The van der Waals surface area contributed by atoms with Gasteiger partial charge in [-0.3, -0.25) is 9.78 Å². The van der Waals surface area contributed by atoms with E-state index in [1.54, 1.807) is 0 Å². The maximum Gasteiger partial charge on any atom is 0.454 e. The SMILES string of the molecule is CCOC(=O)C(Oc1cncc(Cl)c1)C(=O)C(F)(F)F. The van der Waals surface area contributed by atoms with Crippen LogP contribution in [-0.4, -0.2) is 35.6 Å². The first-order valence-electron chi connectivity index (χ1n) is 5.30. The van der Waals surface area contributed by atoms with Crippen molar-refractivity contribution >= 4 is 23.4 Å². The number of nitrogens with zero attached hydrogens (tertiary/aromatic N) is 1. The number of pyridine rings is 1. The summed E-state index contributed by atoms with van der Waals surface area (Å²) in [5.41, 5.74) is 0. The predicted octanol–water partition coefficient (Wildman–Crippen LogP) is 2.18. The number of alkyl halides is 3. The van der Waals surface area contributed by atoms with Gasteiger partial charge in [0.15, 0.2) is 0 Å². The molecule has 1 atom stereocenters. The van der Waals surface area contributed by atoms with Crippen molar-refractivity contribution in [2.45, 2.75) is 19.2 Å². The monoisotopic (exact) mass is 311 g/mol. The van der Waals surface area contributed by atoms with Crippen molar-refractivity contribution in [2.24, 2.45) is 0 Å². The number of ether oxygens (including phenoxy) is 2. The molecule has 0 aliphatic rings. The molecule has 0 amide bonds. The number of carbonyl (C=O) groups excluding carboxylic acids is 2. The smallest absolute Gasteiger partial charge is 0.454 e. The highest BCUT2D eigenvalue weighted by Gasteiger charge is 2.48. The third kappa shape index (κ3) is 4.37. The van der Waals surface area contributed by atoms with Crippen LogP contribution < -0.4 is 4.74 Å². The van der Waals surface area contributed by atoms with E-state index >= 15 is 0 Å². The average molecular weight is 312 g/mol. The molecule has 5 nitrogen and oxygen atoms in total. The summed E-state index contributed by atoms with van der Waals surface area (Å²) in [6.07, 6.45) is -5.46. The van der Waals surface area contributed by atoms with Crippen LogP contribution in [-0.2, 0) is 14.3 Å². The van der Waals surface area contributed by atoms with Crippen LogP contribution in [0.15, 0.2) is 18.5 Å². The molecule has 1 rings (SSSR count). The molecular weight excluding hydrogens is 303 g/mol. The molecule has 0 aliphatic heterocycles. The highest BCUT2D eigenvalue weighted by Crippen LogP contribution is 2.23. The van der Waals surface area contributed by atoms with Crippen molar-refractivity contribution in [3.63, 3.8) is 0 Å². The van der Waals surface area contributed by atoms with E-state index in [2.05, 4.69) is 9.72 Å². The van der Waals surface area contributed by atoms with E-state index in [0.29, 0.717) is 0 Å². The van der Waals surface area contributed by atoms with Crippen molar-refractivity contribution in [2.75, 3.05) is 6.61 Å². The van der Waals surface area contributed by atoms with Gasteiger partial charge in [0, 0.05) is 12.3 Å². The number of esters is 1. The molecule has 9 heteroatoms. The Balaban J connectivity index is 2.99. The Morgan fingerprint density at radius 1 is 1.40 bits per heavy atom. The number of Topliss-reactive ketones (excluding diaryl/α,β-unsaturated/α-hetero) is 1. The summed E-state index contributed by atoms with van der Waals surface area (Å²) in [5, 5.41) is 0.0737. The summed E-state index contributed by atoms with van der Waals surface area (Å²) >= 11 is 5.57. The van der Waals surface area contributed by atoms with E-state index in [1.165, 1.54) is 13.1 Å². The molecule has 0 saturated heterocycles. The van der Waals surface area contributed by atoms with Gasteiger partial charge in [-0.1, -0.05) is 11.6 Å². The summed E-state index contributed by atoms with van der Waals surface area (Å²) in [5.74, 6) is -4.06. The molecular formula is C11H9ClF3NO4. The minimum Gasteiger partial charge on any atom is -0.469 e. The van der Waals surface area contributed by atoms with Gasteiger partial charge in [-0.05, 0) is 6.92 Å². The maximum absolute atomic E-state index is 12.4. The topological polar surface area (TPSA) is 65.5 Å². The Hall–Kier alpha value is -1.83. The molecule has 1 heterocycles. The third-order valence-electron chi connectivity index (χ3n) is 1.95. The fraction of sp³-hybridized carbons (Fsp3) is 0.364. The van der Waals surface area contributed by atoms with Gasteiger partial charge in [0.1, 0.15) is 5.75 Å². The zero-order chi connectivity index (χ0) is 15.3. The van der Waals surface area contributed by atoms with Crippen molar-refractivity contribution in [1.82, 2.24) is 4.98 Å². The van der Waals surface area contributed by atoms with Crippen LogP contribution in [0.4, 0.5) is 13.2 Å². The fourth-order valence-electron chi connectivity index (χ4n) is 1.17. The van der Waals surface area contributed by atoms with Gasteiger partial charge < -0.3 is 9.47 Å². The van der Waals surface area contributed by atoms with Crippen molar-refractivity contribution < 1.29 is 32.2 Å². The Labute approximate surface area is 116 Å². The lowest BCUT2D eigenvalue weighted by molar-refractivity contribution is -0.184. The zero-order valence-corrected chi connectivity index (χ0v) is 10.9. The molecule has 0 spiro atoms. The quantitative estimate of drug-likeness (QED) is 0.616. The van der Waals surface area contributed by atoms with Gasteiger partial charge in [0.25, 0.3) is 11.9 Å². The summed E-state index contributed by atoms with van der Waals surface area (Å²) < 4.78 is 46.3. The minimum absolute atomic E-state index is 0.0737. The highest BCUT2D eigenvalue weighted by molar-refractivity contribution is 6.30. The molecule has 1 unspecified atom stereocenters. The van der Waals surface area contributed by atoms with E-state index in [4.69, 9.17) is 16.3 Å². The van der Waals surface area contributed by atoms with Gasteiger partial charge in [-0.2, -0.15) is 13.2 Å². The number of ketones is 1. The second-order valence-electron chi connectivity index (χ2n) is 3.45. The third-order valence-corrected chi connectivity index (χ3v) is 2.16. The predicted molar refractivity (Wildman–Crippen MR) is 61.4 cm³/mol. The number of hydrogen-bond acceptors (Lipinski definition) is 5.